The number of allylic oxidation sites excluding steroid dienone is 2. The third-order valence-electron chi connectivity index (χ3n) is 3.38. The van der Waals surface area contributed by atoms with Crippen molar-refractivity contribution in [2.24, 2.45) is 5.92 Å². The number of carboxylic acid groups (broad SMARTS) is 1. The van der Waals surface area contributed by atoms with Crippen LogP contribution in [0.5, 0.6) is 0 Å². The summed E-state index contributed by atoms with van der Waals surface area (Å²) in [7, 11) is 0. The summed E-state index contributed by atoms with van der Waals surface area (Å²) in [6.45, 7) is 0. The first-order valence-electron chi connectivity index (χ1n) is 5.99. The molecule has 92 valence electrons. The van der Waals surface area contributed by atoms with Crippen LogP contribution in [0.25, 0.3) is 10.2 Å². The Balaban J connectivity index is 2.02. The fourth-order valence-electron chi connectivity index (χ4n) is 2.41. The van der Waals surface area contributed by atoms with Crippen molar-refractivity contribution in [2.75, 3.05) is 0 Å². The van der Waals surface area contributed by atoms with Crippen molar-refractivity contribution in [1.29, 1.82) is 0 Å². The van der Waals surface area contributed by atoms with E-state index in [4.69, 9.17) is 0 Å². The van der Waals surface area contributed by atoms with Crippen LogP contribution in [0.15, 0.2) is 36.4 Å². The molecule has 0 amide bonds. The summed E-state index contributed by atoms with van der Waals surface area (Å²) in [6.07, 6.45) is 5.41. The second-order valence-corrected chi connectivity index (χ2v) is 5.58. The summed E-state index contributed by atoms with van der Waals surface area (Å²) in [5.74, 6) is -1.04. The molecule has 3 rings (SSSR count). The molecule has 0 unspecified atom stereocenters. The predicted octanol–water partition coefficient (Wildman–Crippen LogP) is 3.43. The number of hydrogen-bond acceptors (Lipinski definition) is 3. The average molecular weight is 259 g/mol. The van der Waals surface area contributed by atoms with Crippen molar-refractivity contribution in [1.82, 2.24) is 4.98 Å². The summed E-state index contributed by atoms with van der Waals surface area (Å²) >= 11 is 1.62. The van der Waals surface area contributed by atoms with Crippen LogP contribution in [0.3, 0.4) is 0 Å². The zero-order chi connectivity index (χ0) is 12.5. The summed E-state index contributed by atoms with van der Waals surface area (Å²) in [5, 5.41) is 10.2. The zero-order valence-electron chi connectivity index (χ0n) is 9.74. The second kappa shape index (κ2) is 4.53. The van der Waals surface area contributed by atoms with Gasteiger partial charge in [0.05, 0.1) is 21.1 Å². The third kappa shape index (κ3) is 1.93. The van der Waals surface area contributed by atoms with Crippen LogP contribution in [-0.2, 0) is 4.79 Å². The maximum absolute atomic E-state index is 11.3. The molecule has 1 aromatic carbocycles. The number of rotatable bonds is 2. The van der Waals surface area contributed by atoms with Gasteiger partial charge < -0.3 is 5.11 Å². The standard InChI is InChI=1S/C14H13NO2S/c16-14(17)10-6-2-1-5-9(10)13-15-11-7-3-4-8-12(11)18-13/h1-4,7-10H,5-6H2,(H,16,17)/t9-,10+/m1/s1. The molecular weight excluding hydrogens is 246 g/mol. The van der Waals surface area contributed by atoms with Gasteiger partial charge in [-0.1, -0.05) is 24.3 Å². The monoisotopic (exact) mass is 259 g/mol. The fourth-order valence-corrected chi connectivity index (χ4v) is 3.55. The van der Waals surface area contributed by atoms with Gasteiger partial charge in [-0.2, -0.15) is 0 Å². The van der Waals surface area contributed by atoms with E-state index in [2.05, 4.69) is 11.1 Å². The smallest absolute Gasteiger partial charge is 0.307 e. The first-order valence-corrected chi connectivity index (χ1v) is 6.80. The summed E-state index contributed by atoms with van der Waals surface area (Å²) in [4.78, 5) is 15.9. The quantitative estimate of drug-likeness (QED) is 0.841. The Hall–Kier alpha value is -1.68. The molecule has 0 radical (unpaired) electrons. The lowest BCUT2D eigenvalue weighted by molar-refractivity contribution is -0.142. The molecule has 1 aliphatic carbocycles. The lowest BCUT2D eigenvalue weighted by atomic mass is 9.83. The number of carboxylic acids is 1. The van der Waals surface area contributed by atoms with Crippen molar-refractivity contribution in [3.05, 3.63) is 41.4 Å². The number of benzene rings is 1. The maximum atomic E-state index is 11.3. The van der Waals surface area contributed by atoms with Crippen molar-refractivity contribution in [2.45, 2.75) is 18.8 Å². The number of para-hydroxylation sites is 1. The molecule has 0 spiro atoms. The third-order valence-corrected chi connectivity index (χ3v) is 4.55. The molecule has 0 aliphatic heterocycles. The minimum Gasteiger partial charge on any atom is -0.481 e. The van der Waals surface area contributed by atoms with Crippen LogP contribution in [0, 0.1) is 5.92 Å². The molecule has 2 atom stereocenters. The molecule has 2 aromatic rings. The van der Waals surface area contributed by atoms with Crippen LogP contribution in [-0.4, -0.2) is 16.1 Å². The minimum absolute atomic E-state index is 0.0184. The molecule has 0 saturated carbocycles. The fraction of sp³-hybridized carbons (Fsp3) is 0.286. The SMILES string of the molecule is O=C(O)[C@H]1CC=CC[C@H]1c1nc2ccccc2s1. The van der Waals surface area contributed by atoms with E-state index in [1.54, 1.807) is 11.3 Å². The number of thiazole rings is 1. The lowest BCUT2D eigenvalue weighted by Gasteiger charge is -2.22. The van der Waals surface area contributed by atoms with E-state index in [9.17, 15) is 9.90 Å². The van der Waals surface area contributed by atoms with Crippen LogP contribution in [0.4, 0.5) is 0 Å². The number of nitrogens with zero attached hydrogens (tertiary/aromatic N) is 1. The Morgan fingerprint density at radius 1 is 1.28 bits per heavy atom. The second-order valence-electron chi connectivity index (χ2n) is 4.51. The van der Waals surface area contributed by atoms with Gasteiger partial charge in [0.15, 0.2) is 0 Å². The van der Waals surface area contributed by atoms with Gasteiger partial charge in [-0.25, -0.2) is 4.98 Å². The van der Waals surface area contributed by atoms with E-state index in [1.165, 1.54) is 0 Å². The molecule has 1 aromatic heterocycles. The topological polar surface area (TPSA) is 50.2 Å². The van der Waals surface area contributed by atoms with E-state index in [1.807, 2.05) is 30.3 Å². The average Bonchev–Trinajstić information content (AvgIpc) is 2.82. The van der Waals surface area contributed by atoms with Gasteiger partial charge in [-0.05, 0) is 25.0 Å². The van der Waals surface area contributed by atoms with Gasteiger partial charge in [0.2, 0.25) is 0 Å². The molecule has 1 N–H and O–H groups in total. The molecular formula is C14H13NO2S. The first-order chi connectivity index (χ1) is 8.75. The highest BCUT2D eigenvalue weighted by Crippen LogP contribution is 2.38. The van der Waals surface area contributed by atoms with Crippen molar-refractivity contribution < 1.29 is 9.90 Å². The number of aromatic nitrogens is 1. The normalized spacial score (nSPS) is 23.3. The molecule has 0 saturated heterocycles. The van der Waals surface area contributed by atoms with Crippen molar-refractivity contribution >= 4 is 27.5 Å². The Kier molecular flexibility index (Phi) is 2.88. The summed E-state index contributed by atoms with van der Waals surface area (Å²) in [6, 6.07) is 7.95. The molecule has 1 aliphatic rings. The Morgan fingerprint density at radius 2 is 2.06 bits per heavy atom. The van der Waals surface area contributed by atoms with Crippen molar-refractivity contribution in [3.63, 3.8) is 0 Å². The highest BCUT2D eigenvalue weighted by atomic mass is 32.1. The maximum Gasteiger partial charge on any atom is 0.307 e. The van der Waals surface area contributed by atoms with E-state index in [0.717, 1.165) is 21.6 Å². The van der Waals surface area contributed by atoms with Gasteiger partial charge in [-0.15, -0.1) is 11.3 Å². The van der Waals surface area contributed by atoms with Gasteiger partial charge in [0.25, 0.3) is 0 Å². The van der Waals surface area contributed by atoms with Crippen molar-refractivity contribution in [3.8, 4) is 0 Å². The van der Waals surface area contributed by atoms with Gasteiger partial charge in [-0.3, -0.25) is 4.79 Å². The highest BCUT2D eigenvalue weighted by molar-refractivity contribution is 7.18. The predicted molar refractivity (Wildman–Crippen MR) is 71.9 cm³/mol. The van der Waals surface area contributed by atoms with Gasteiger partial charge >= 0.3 is 5.97 Å². The Morgan fingerprint density at radius 3 is 2.83 bits per heavy atom. The van der Waals surface area contributed by atoms with Gasteiger partial charge in [0.1, 0.15) is 0 Å². The van der Waals surface area contributed by atoms with Gasteiger partial charge in [0, 0.05) is 5.92 Å². The minimum atomic E-state index is -0.719. The van der Waals surface area contributed by atoms with E-state index >= 15 is 0 Å². The van der Waals surface area contributed by atoms with E-state index in [-0.39, 0.29) is 11.8 Å². The zero-order valence-corrected chi connectivity index (χ0v) is 10.6. The summed E-state index contributed by atoms with van der Waals surface area (Å²) in [5.41, 5.74) is 0.969. The summed E-state index contributed by atoms with van der Waals surface area (Å²) < 4.78 is 1.13. The Bertz CT molecular complexity index is 584. The van der Waals surface area contributed by atoms with Crippen LogP contribution < -0.4 is 0 Å². The van der Waals surface area contributed by atoms with Crippen LogP contribution in [0.1, 0.15) is 23.8 Å². The largest absolute Gasteiger partial charge is 0.481 e. The molecule has 0 bridgehead atoms. The number of hydrogen-bond donors (Lipinski definition) is 1. The van der Waals surface area contributed by atoms with Crippen LogP contribution in [0.2, 0.25) is 0 Å². The number of aliphatic carboxylic acids is 1. The van der Waals surface area contributed by atoms with E-state index in [0.29, 0.717) is 6.42 Å². The first kappa shape index (κ1) is 11.4. The molecule has 3 nitrogen and oxygen atoms in total. The number of carbonyl (C=O) groups is 1. The Labute approximate surface area is 109 Å². The van der Waals surface area contributed by atoms with E-state index < -0.39 is 5.97 Å². The molecule has 4 heteroatoms. The molecule has 0 fully saturated rings. The molecule has 18 heavy (non-hydrogen) atoms. The number of fused-ring (bicyclic) bond motifs is 1. The highest BCUT2D eigenvalue weighted by Gasteiger charge is 2.31. The molecule has 1 heterocycles. The lowest BCUT2D eigenvalue weighted by Crippen LogP contribution is -2.23. The van der Waals surface area contributed by atoms with Crippen LogP contribution >= 0.6 is 11.3 Å².